The molecular weight excluding hydrogens is 524 g/mol. The van der Waals surface area contributed by atoms with Crippen molar-refractivity contribution in [1.82, 2.24) is 14.3 Å². The van der Waals surface area contributed by atoms with Crippen LogP contribution in [0, 0.1) is 29.5 Å². The predicted octanol–water partition coefficient (Wildman–Crippen LogP) is 6.81. The molecule has 0 radical (unpaired) electrons. The Bertz CT molecular complexity index is 1220. The highest BCUT2D eigenvalue weighted by Crippen LogP contribution is 2.49. The number of aliphatic carboxylic acids is 1. The highest BCUT2D eigenvalue weighted by molar-refractivity contribution is 5.85. The maximum Gasteiger partial charge on any atom is 0.306 e. The first-order valence-corrected chi connectivity index (χ1v) is 13.7. The van der Waals surface area contributed by atoms with Crippen LogP contribution >= 0.6 is 24.8 Å². The van der Waals surface area contributed by atoms with Gasteiger partial charge in [-0.1, -0.05) is 31.0 Å². The lowest BCUT2D eigenvalue weighted by molar-refractivity contribution is -0.144. The molecule has 1 N–H and O–H groups in total. The molecule has 2 aromatic heterocycles. The van der Waals surface area contributed by atoms with E-state index in [9.17, 15) is 14.3 Å². The van der Waals surface area contributed by atoms with Crippen LogP contribution in [0.25, 0.3) is 5.65 Å². The van der Waals surface area contributed by atoms with Gasteiger partial charge in [0.1, 0.15) is 11.5 Å². The highest BCUT2D eigenvalue weighted by atomic mass is 35.5. The second-order valence-electron chi connectivity index (χ2n) is 11.5. The minimum absolute atomic E-state index is 0. The molecule has 5 nitrogen and oxygen atoms in total. The normalized spacial score (nSPS) is 25.0. The summed E-state index contributed by atoms with van der Waals surface area (Å²) in [6.45, 7) is 3.03. The Morgan fingerprint density at radius 3 is 2.55 bits per heavy atom. The van der Waals surface area contributed by atoms with Crippen molar-refractivity contribution in [2.45, 2.75) is 56.8 Å². The number of pyridine rings is 1. The van der Waals surface area contributed by atoms with Crippen LogP contribution in [-0.2, 0) is 4.79 Å². The molecule has 206 valence electrons. The molecule has 6 rings (SSSR count). The molecule has 0 bridgehead atoms. The molecule has 1 aliphatic heterocycles. The van der Waals surface area contributed by atoms with Crippen LogP contribution in [0.2, 0.25) is 0 Å². The smallest absolute Gasteiger partial charge is 0.306 e. The van der Waals surface area contributed by atoms with E-state index >= 15 is 0 Å². The van der Waals surface area contributed by atoms with Crippen LogP contribution in [0.4, 0.5) is 4.39 Å². The van der Waals surface area contributed by atoms with Gasteiger partial charge in [0.15, 0.2) is 0 Å². The van der Waals surface area contributed by atoms with Crippen molar-refractivity contribution < 1.29 is 14.3 Å². The zero-order valence-electron chi connectivity index (χ0n) is 21.6. The van der Waals surface area contributed by atoms with E-state index in [0.717, 1.165) is 62.9 Å². The number of carbonyl (C=O) groups is 1. The van der Waals surface area contributed by atoms with Crippen LogP contribution in [0.15, 0.2) is 54.9 Å². The largest absolute Gasteiger partial charge is 0.481 e. The zero-order chi connectivity index (χ0) is 24.6. The maximum absolute atomic E-state index is 14.1. The van der Waals surface area contributed by atoms with Crippen molar-refractivity contribution in [1.29, 1.82) is 0 Å². The van der Waals surface area contributed by atoms with Gasteiger partial charge in [0.25, 0.3) is 0 Å². The van der Waals surface area contributed by atoms with Gasteiger partial charge < -0.3 is 14.4 Å². The molecule has 3 heterocycles. The van der Waals surface area contributed by atoms with Crippen molar-refractivity contribution in [3.8, 4) is 0 Å². The average molecular weight is 563 g/mol. The van der Waals surface area contributed by atoms with E-state index in [2.05, 4.69) is 32.6 Å². The first-order chi connectivity index (χ1) is 17.5. The molecule has 3 aromatic rings. The Morgan fingerprint density at radius 1 is 1.05 bits per heavy atom. The number of halogens is 3. The fourth-order valence-electron chi connectivity index (χ4n) is 7.05. The number of likely N-dealkylation sites (tertiary alicyclic amines) is 1. The summed E-state index contributed by atoms with van der Waals surface area (Å²) in [7, 11) is 0. The van der Waals surface area contributed by atoms with Crippen molar-refractivity contribution in [3.05, 3.63) is 71.9 Å². The lowest BCUT2D eigenvalue weighted by Gasteiger charge is -2.35. The third kappa shape index (κ3) is 6.19. The van der Waals surface area contributed by atoms with Crippen LogP contribution in [-0.4, -0.2) is 45.0 Å². The van der Waals surface area contributed by atoms with E-state index in [4.69, 9.17) is 0 Å². The molecule has 0 amide bonds. The summed E-state index contributed by atoms with van der Waals surface area (Å²) in [4.78, 5) is 19.4. The average Bonchev–Trinajstić information content (AvgIpc) is 3.46. The number of hydrogen-bond acceptors (Lipinski definition) is 3. The number of piperidine rings is 1. The lowest BCUT2D eigenvalue weighted by Crippen LogP contribution is -2.37. The number of hydrogen-bond donors (Lipinski definition) is 1. The summed E-state index contributed by atoms with van der Waals surface area (Å²) in [5.74, 6) is 0.765. The molecule has 8 heteroatoms. The van der Waals surface area contributed by atoms with Gasteiger partial charge in [-0.25, -0.2) is 9.37 Å². The first kappa shape index (κ1) is 28.8. The quantitative estimate of drug-likeness (QED) is 0.328. The summed E-state index contributed by atoms with van der Waals surface area (Å²) < 4.78 is 16.4. The Morgan fingerprint density at radius 2 is 1.84 bits per heavy atom. The minimum Gasteiger partial charge on any atom is -0.481 e. The van der Waals surface area contributed by atoms with Crippen molar-refractivity contribution in [2.75, 3.05) is 19.6 Å². The molecule has 38 heavy (non-hydrogen) atoms. The topological polar surface area (TPSA) is 57.8 Å². The molecule has 3 aliphatic rings. The standard InChI is InChI=1S/C30H36FN3O2.2ClH/c31-25-5-3-4-22(16-25)26-17-23(27(30(35)36)14-20-7-8-20)15-24(26)19-33-12-9-21(10-13-33)28-18-32-29-6-1-2-11-34(28)29;;/h1-6,11,16,18,20-21,23-24,26-27H,7-10,12-15,17,19H2,(H,35,36);2*1H/t23?,24?,26?,27-;;/m0../s1. The van der Waals surface area contributed by atoms with Gasteiger partial charge in [-0.3, -0.25) is 4.79 Å². The number of benzene rings is 1. The highest BCUT2D eigenvalue weighted by Gasteiger charge is 2.43. The van der Waals surface area contributed by atoms with Crippen LogP contribution < -0.4 is 0 Å². The van der Waals surface area contributed by atoms with Gasteiger partial charge in [-0.05, 0) is 98.7 Å². The van der Waals surface area contributed by atoms with Gasteiger partial charge >= 0.3 is 5.97 Å². The van der Waals surface area contributed by atoms with Crippen molar-refractivity contribution >= 4 is 36.4 Å². The molecule has 2 aliphatic carbocycles. The number of carboxylic acids is 1. The Labute approximate surface area is 236 Å². The first-order valence-electron chi connectivity index (χ1n) is 13.7. The predicted molar refractivity (Wildman–Crippen MR) is 152 cm³/mol. The Hall–Kier alpha value is -2.15. The Balaban J connectivity index is 0.00000168. The summed E-state index contributed by atoms with van der Waals surface area (Å²) in [5.41, 5.74) is 3.34. The Kier molecular flexibility index (Phi) is 9.38. The summed E-state index contributed by atoms with van der Waals surface area (Å²) in [6.07, 6.45) is 11.3. The number of aromatic nitrogens is 2. The van der Waals surface area contributed by atoms with E-state index in [1.807, 2.05) is 18.3 Å². The summed E-state index contributed by atoms with van der Waals surface area (Å²) in [5, 5.41) is 10.0. The molecule has 3 unspecified atom stereocenters. The number of nitrogens with zero attached hydrogens (tertiary/aromatic N) is 3. The van der Waals surface area contributed by atoms with Gasteiger partial charge in [0, 0.05) is 30.6 Å². The van der Waals surface area contributed by atoms with E-state index in [1.165, 1.54) is 24.6 Å². The van der Waals surface area contributed by atoms with Gasteiger partial charge in [-0.15, -0.1) is 24.8 Å². The van der Waals surface area contributed by atoms with Crippen LogP contribution in [0.1, 0.15) is 68.0 Å². The second kappa shape index (κ2) is 12.4. The fraction of sp³-hybridized carbons (Fsp3) is 0.533. The van der Waals surface area contributed by atoms with Crippen molar-refractivity contribution in [3.63, 3.8) is 0 Å². The van der Waals surface area contributed by atoms with Crippen LogP contribution in [0.3, 0.4) is 0 Å². The number of rotatable bonds is 8. The number of imidazole rings is 1. The third-order valence-electron chi connectivity index (χ3n) is 9.12. The monoisotopic (exact) mass is 561 g/mol. The van der Waals surface area contributed by atoms with E-state index in [0.29, 0.717) is 17.8 Å². The van der Waals surface area contributed by atoms with E-state index in [1.54, 1.807) is 12.1 Å². The molecule has 3 fully saturated rings. The molecule has 2 saturated carbocycles. The molecule has 1 saturated heterocycles. The van der Waals surface area contributed by atoms with Gasteiger partial charge in [-0.2, -0.15) is 0 Å². The van der Waals surface area contributed by atoms with Crippen molar-refractivity contribution in [2.24, 2.45) is 23.7 Å². The zero-order valence-corrected chi connectivity index (χ0v) is 23.3. The summed E-state index contributed by atoms with van der Waals surface area (Å²) in [6, 6.07) is 13.2. The second-order valence-corrected chi connectivity index (χ2v) is 11.5. The fourth-order valence-corrected chi connectivity index (χ4v) is 7.05. The number of fused-ring (bicyclic) bond motifs is 1. The van der Waals surface area contributed by atoms with E-state index < -0.39 is 5.97 Å². The van der Waals surface area contributed by atoms with Gasteiger partial charge in [0.2, 0.25) is 0 Å². The molecular formula is C30H38Cl2FN3O2. The lowest BCUT2D eigenvalue weighted by atomic mass is 9.85. The number of carboxylic acid groups (broad SMARTS) is 1. The third-order valence-corrected chi connectivity index (χ3v) is 9.12. The van der Waals surface area contributed by atoms with Crippen LogP contribution in [0.5, 0.6) is 0 Å². The van der Waals surface area contributed by atoms with Gasteiger partial charge in [0.05, 0.1) is 5.92 Å². The SMILES string of the molecule is Cl.Cl.O=C(O)[C@@H](CC1CC1)C1CC(CN2CCC(c3cnc4ccccn34)CC2)C(c2cccc(F)c2)C1. The van der Waals surface area contributed by atoms with E-state index in [-0.39, 0.29) is 48.4 Å². The minimum atomic E-state index is -0.639. The maximum atomic E-state index is 14.1. The molecule has 1 aromatic carbocycles. The molecule has 0 spiro atoms. The molecule has 4 atom stereocenters. The summed E-state index contributed by atoms with van der Waals surface area (Å²) >= 11 is 0.